The van der Waals surface area contributed by atoms with Crippen molar-refractivity contribution in [1.29, 1.82) is 0 Å². The van der Waals surface area contributed by atoms with Crippen LogP contribution in [0.3, 0.4) is 0 Å². The van der Waals surface area contributed by atoms with E-state index in [1.54, 1.807) is 0 Å². The van der Waals surface area contributed by atoms with E-state index in [4.69, 9.17) is 5.73 Å². The largest absolute Gasteiger partial charge is 0.330 e. The lowest BCUT2D eigenvalue weighted by Crippen LogP contribution is -2.49. The molecule has 1 heterocycles. The van der Waals surface area contributed by atoms with Gasteiger partial charge in [0.05, 0.1) is 0 Å². The lowest BCUT2D eigenvalue weighted by Gasteiger charge is -2.37. The second-order valence-corrected chi connectivity index (χ2v) is 5.69. The first-order chi connectivity index (χ1) is 8.77. The third-order valence-electron chi connectivity index (χ3n) is 4.30. The number of nitrogens with zero attached hydrogens (tertiary/aromatic N) is 2. The van der Waals surface area contributed by atoms with Gasteiger partial charge in [0.1, 0.15) is 0 Å². The first kappa shape index (κ1) is 15.9. The van der Waals surface area contributed by atoms with Gasteiger partial charge in [-0.25, -0.2) is 0 Å². The van der Waals surface area contributed by atoms with Crippen molar-refractivity contribution in [3.8, 4) is 0 Å². The highest BCUT2D eigenvalue weighted by atomic mass is 15.3. The summed E-state index contributed by atoms with van der Waals surface area (Å²) < 4.78 is 0. The van der Waals surface area contributed by atoms with Gasteiger partial charge in [0.2, 0.25) is 0 Å². The summed E-state index contributed by atoms with van der Waals surface area (Å²) in [6, 6.07) is 0.767. The summed E-state index contributed by atoms with van der Waals surface area (Å²) in [5.41, 5.74) is 5.50. The monoisotopic (exact) mass is 255 g/mol. The minimum atomic E-state index is 0.767. The molecule has 18 heavy (non-hydrogen) atoms. The smallest absolute Gasteiger partial charge is 0.0113 e. The van der Waals surface area contributed by atoms with Crippen LogP contribution >= 0.6 is 0 Å². The van der Waals surface area contributed by atoms with E-state index >= 15 is 0 Å². The minimum absolute atomic E-state index is 0.767. The summed E-state index contributed by atoms with van der Waals surface area (Å²) >= 11 is 0. The maximum absolute atomic E-state index is 5.50. The molecule has 0 bridgehead atoms. The Kier molecular flexibility index (Phi) is 8.64. The average molecular weight is 255 g/mol. The van der Waals surface area contributed by atoms with E-state index in [1.165, 1.54) is 71.2 Å². The molecule has 0 aliphatic carbocycles. The maximum Gasteiger partial charge on any atom is 0.0113 e. The minimum Gasteiger partial charge on any atom is -0.330 e. The molecular formula is C15H33N3. The Morgan fingerprint density at radius 2 is 1.56 bits per heavy atom. The van der Waals surface area contributed by atoms with Crippen LogP contribution in [-0.4, -0.2) is 55.1 Å². The van der Waals surface area contributed by atoms with Gasteiger partial charge in [-0.3, -0.25) is 4.90 Å². The van der Waals surface area contributed by atoms with Gasteiger partial charge in [-0.15, -0.1) is 0 Å². The second-order valence-electron chi connectivity index (χ2n) is 5.69. The van der Waals surface area contributed by atoms with E-state index in [1.807, 2.05) is 0 Å². The highest BCUT2D eigenvalue weighted by Crippen LogP contribution is 2.10. The number of hydrogen-bond donors (Lipinski definition) is 1. The van der Waals surface area contributed by atoms with Crippen molar-refractivity contribution in [1.82, 2.24) is 9.80 Å². The molecule has 1 aliphatic rings. The van der Waals surface area contributed by atoms with Gasteiger partial charge in [0.15, 0.2) is 0 Å². The number of hydrogen-bond acceptors (Lipinski definition) is 3. The fourth-order valence-electron chi connectivity index (χ4n) is 2.70. The molecule has 1 unspecified atom stereocenters. The van der Waals surface area contributed by atoms with Gasteiger partial charge in [0, 0.05) is 32.2 Å². The van der Waals surface area contributed by atoms with Crippen molar-refractivity contribution in [2.45, 2.75) is 58.4 Å². The Bertz CT molecular complexity index is 188. The summed E-state index contributed by atoms with van der Waals surface area (Å²) in [5, 5.41) is 0. The Hall–Kier alpha value is -0.120. The molecule has 0 spiro atoms. The third kappa shape index (κ3) is 6.17. The zero-order chi connectivity index (χ0) is 13.2. The average Bonchev–Trinajstić information content (AvgIpc) is 2.42. The van der Waals surface area contributed by atoms with Crippen molar-refractivity contribution < 1.29 is 0 Å². The third-order valence-corrected chi connectivity index (χ3v) is 4.30. The molecule has 0 amide bonds. The van der Waals surface area contributed by atoms with E-state index in [9.17, 15) is 0 Å². The summed E-state index contributed by atoms with van der Waals surface area (Å²) in [7, 11) is 0. The van der Waals surface area contributed by atoms with E-state index in [-0.39, 0.29) is 0 Å². The number of piperazine rings is 1. The van der Waals surface area contributed by atoms with Crippen LogP contribution in [0.15, 0.2) is 0 Å². The van der Waals surface area contributed by atoms with Gasteiger partial charge in [-0.2, -0.15) is 0 Å². The number of nitrogens with two attached hydrogens (primary N) is 1. The molecule has 0 aromatic heterocycles. The molecule has 0 saturated carbocycles. The van der Waals surface area contributed by atoms with Crippen molar-refractivity contribution in [2.75, 3.05) is 39.3 Å². The van der Waals surface area contributed by atoms with Gasteiger partial charge in [0.25, 0.3) is 0 Å². The van der Waals surface area contributed by atoms with Crippen molar-refractivity contribution in [3.63, 3.8) is 0 Å². The van der Waals surface area contributed by atoms with E-state index in [0.717, 1.165) is 12.6 Å². The van der Waals surface area contributed by atoms with E-state index in [2.05, 4.69) is 23.6 Å². The molecule has 1 atom stereocenters. The van der Waals surface area contributed by atoms with Gasteiger partial charge >= 0.3 is 0 Å². The molecule has 1 saturated heterocycles. The number of unbranched alkanes of at least 4 members (excludes halogenated alkanes) is 4. The summed E-state index contributed by atoms with van der Waals surface area (Å²) in [5.74, 6) is 0. The predicted molar refractivity (Wildman–Crippen MR) is 79.9 cm³/mol. The van der Waals surface area contributed by atoms with Gasteiger partial charge in [-0.05, 0) is 39.3 Å². The molecule has 0 radical (unpaired) electrons. The molecule has 3 nitrogen and oxygen atoms in total. The highest BCUT2D eigenvalue weighted by Gasteiger charge is 2.19. The fourth-order valence-corrected chi connectivity index (χ4v) is 2.70. The highest BCUT2D eigenvalue weighted by molar-refractivity contribution is 4.75. The molecular weight excluding hydrogens is 222 g/mol. The van der Waals surface area contributed by atoms with Gasteiger partial charge in [-0.1, -0.05) is 26.2 Å². The predicted octanol–water partition coefficient (Wildman–Crippen LogP) is 2.31. The zero-order valence-corrected chi connectivity index (χ0v) is 12.5. The summed E-state index contributed by atoms with van der Waals surface area (Å²) in [4.78, 5) is 5.28. The molecule has 108 valence electrons. The summed E-state index contributed by atoms with van der Waals surface area (Å²) in [6.45, 7) is 11.9. The van der Waals surface area contributed by atoms with Crippen LogP contribution in [0.25, 0.3) is 0 Å². The van der Waals surface area contributed by atoms with Crippen molar-refractivity contribution in [3.05, 3.63) is 0 Å². The lowest BCUT2D eigenvalue weighted by atomic mass is 10.1. The SMILES string of the molecule is CCC(C)N1CCN(CCCCCCCN)CC1. The van der Waals surface area contributed by atoms with Crippen LogP contribution in [-0.2, 0) is 0 Å². The fraction of sp³-hybridized carbons (Fsp3) is 1.00. The molecule has 2 N–H and O–H groups in total. The van der Waals surface area contributed by atoms with Crippen molar-refractivity contribution in [2.24, 2.45) is 5.73 Å². The van der Waals surface area contributed by atoms with Crippen LogP contribution in [0.1, 0.15) is 52.4 Å². The van der Waals surface area contributed by atoms with Gasteiger partial charge < -0.3 is 10.6 Å². The Labute approximate surface area is 114 Å². The molecule has 1 rings (SSSR count). The Balaban J connectivity index is 1.98. The Morgan fingerprint density at radius 1 is 0.944 bits per heavy atom. The Morgan fingerprint density at radius 3 is 2.17 bits per heavy atom. The topological polar surface area (TPSA) is 32.5 Å². The molecule has 1 aliphatic heterocycles. The van der Waals surface area contributed by atoms with Crippen LogP contribution < -0.4 is 5.73 Å². The first-order valence-electron chi connectivity index (χ1n) is 7.94. The number of rotatable bonds is 9. The van der Waals surface area contributed by atoms with Crippen LogP contribution in [0, 0.1) is 0 Å². The maximum atomic E-state index is 5.50. The van der Waals surface area contributed by atoms with Crippen molar-refractivity contribution >= 4 is 0 Å². The zero-order valence-electron chi connectivity index (χ0n) is 12.5. The molecule has 0 aromatic carbocycles. The molecule has 3 heteroatoms. The van der Waals surface area contributed by atoms with Crippen LogP contribution in [0.2, 0.25) is 0 Å². The molecule has 1 fully saturated rings. The normalized spacial score (nSPS) is 20.2. The standard InChI is InChI=1S/C15H33N3/c1-3-15(2)18-13-11-17(12-14-18)10-8-6-4-5-7-9-16/h15H,3-14,16H2,1-2H3. The van der Waals surface area contributed by atoms with Crippen LogP contribution in [0.4, 0.5) is 0 Å². The molecule has 0 aromatic rings. The quantitative estimate of drug-likeness (QED) is 0.642. The lowest BCUT2D eigenvalue weighted by molar-refractivity contribution is 0.0994. The second kappa shape index (κ2) is 9.76. The van der Waals surface area contributed by atoms with Crippen LogP contribution in [0.5, 0.6) is 0 Å². The van der Waals surface area contributed by atoms with E-state index < -0.39 is 0 Å². The van der Waals surface area contributed by atoms with E-state index in [0.29, 0.717) is 0 Å². The summed E-state index contributed by atoms with van der Waals surface area (Å²) in [6.07, 6.45) is 7.91. The first-order valence-corrected chi connectivity index (χ1v) is 7.94.